The largest absolute Gasteiger partial charge is 0.416 e. The predicted octanol–water partition coefficient (Wildman–Crippen LogP) is 2.33. The summed E-state index contributed by atoms with van der Waals surface area (Å²) in [5, 5.41) is 11.3. The quantitative estimate of drug-likeness (QED) is 0.811. The Morgan fingerprint density at radius 1 is 1.11 bits per heavy atom. The van der Waals surface area contributed by atoms with Gasteiger partial charge in [-0.2, -0.15) is 18.4 Å². The van der Waals surface area contributed by atoms with E-state index in [1.807, 2.05) is 6.07 Å². The molecule has 0 spiro atoms. The van der Waals surface area contributed by atoms with Crippen LogP contribution in [-0.2, 0) is 28.6 Å². The normalized spacial score (nSPS) is 12.1. The zero-order chi connectivity index (χ0) is 20.0. The first-order valence-electron chi connectivity index (χ1n) is 7.93. The minimum Gasteiger partial charge on any atom is -0.368 e. The van der Waals surface area contributed by atoms with Crippen molar-refractivity contribution in [1.82, 2.24) is 5.32 Å². The average molecular weight is 375 g/mol. The van der Waals surface area contributed by atoms with Crippen LogP contribution in [0.2, 0.25) is 0 Å². The van der Waals surface area contributed by atoms with Crippen molar-refractivity contribution in [2.75, 3.05) is 0 Å². The van der Waals surface area contributed by atoms with Gasteiger partial charge in [-0.15, -0.1) is 0 Å². The number of amides is 2. The molecule has 2 aromatic rings. The number of primary amides is 1. The SMILES string of the molecule is N#Cc1cccc(C[C@@H](NC(=O)Cc2cccc(C(F)(F)F)c2)C(N)=O)c1. The van der Waals surface area contributed by atoms with Crippen molar-refractivity contribution in [3.63, 3.8) is 0 Å². The second-order valence-electron chi connectivity index (χ2n) is 5.91. The van der Waals surface area contributed by atoms with Crippen molar-refractivity contribution in [1.29, 1.82) is 5.26 Å². The van der Waals surface area contributed by atoms with Gasteiger partial charge in [0.15, 0.2) is 0 Å². The number of hydrogen-bond donors (Lipinski definition) is 2. The number of carbonyl (C=O) groups is 2. The van der Waals surface area contributed by atoms with Crippen molar-refractivity contribution in [3.8, 4) is 6.07 Å². The summed E-state index contributed by atoms with van der Waals surface area (Å²) in [4.78, 5) is 23.8. The van der Waals surface area contributed by atoms with Crippen LogP contribution in [0.3, 0.4) is 0 Å². The molecule has 0 saturated heterocycles. The maximum absolute atomic E-state index is 12.7. The summed E-state index contributed by atoms with van der Waals surface area (Å²) in [6, 6.07) is 11.8. The Labute approximate surface area is 153 Å². The van der Waals surface area contributed by atoms with Crippen molar-refractivity contribution in [2.24, 2.45) is 5.73 Å². The van der Waals surface area contributed by atoms with Gasteiger partial charge in [0.1, 0.15) is 6.04 Å². The van der Waals surface area contributed by atoms with E-state index in [4.69, 9.17) is 11.0 Å². The molecular weight excluding hydrogens is 359 g/mol. The maximum atomic E-state index is 12.7. The van der Waals surface area contributed by atoms with Gasteiger partial charge in [-0.1, -0.05) is 30.3 Å². The molecule has 0 aliphatic heterocycles. The minimum atomic E-state index is -4.51. The molecular formula is C19H16F3N3O2. The van der Waals surface area contributed by atoms with Gasteiger partial charge in [-0.05, 0) is 29.3 Å². The van der Waals surface area contributed by atoms with E-state index in [2.05, 4.69) is 5.32 Å². The van der Waals surface area contributed by atoms with Gasteiger partial charge in [0, 0.05) is 6.42 Å². The number of nitrogens with one attached hydrogen (secondary N) is 1. The average Bonchev–Trinajstić information content (AvgIpc) is 2.60. The van der Waals surface area contributed by atoms with Crippen LogP contribution in [0.5, 0.6) is 0 Å². The number of rotatable bonds is 6. The zero-order valence-corrected chi connectivity index (χ0v) is 14.1. The molecule has 27 heavy (non-hydrogen) atoms. The first-order valence-corrected chi connectivity index (χ1v) is 7.93. The predicted molar refractivity (Wildman–Crippen MR) is 91.1 cm³/mol. The Balaban J connectivity index is 2.07. The molecule has 0 aliphatic carbocycles. The van der Waals surface area contributed by atoms with Crippen molar-refractivity contribution >= 4 is 11.8 Å². The first-order chi connectivity index (χ1) is 12.7. The van der Waals surface area contributed by atoms with Crippen LogP contribution in [0.4, 0.5) is 13.2 Å². The van der Waals surface area contributed by atoms with Crippen molar-refractivity contribution in [2.45, 2.75) is 25.1 Å². The highest BCUT2D eigenvalue weighted by Crippen LogP contribution is 2.29. The van der Waals surface area contributed by atoms with Crippen LogP contribution >= 0.6 is 0 Å². The summed E-state index contributed by atoms with van der Waals surface area (Å²) in [6.45, 7) is 0. The molecule has 0 fully saturated rings. The molecule has 8 heteroatoms. The number of nitrogens with zero attached hydrogens (tertiary/aromatic N) is 1. The van der Waals surface area contributed by atoms with Gasteiger partial charge >= 0.3 is 6.18 Å². The minimum absolute atomic E-state index is 0.0686. The zero-order valence-electron chi connectivity index (χ0n) is 14.1. The van der Waals surface area contributed by atoms with Crippen LogP contribution in [0.15, 0.2) is 48.5 Å². The summed E-state index contributed by atoms with van der Waals surface area (Å²) < 4.78 is 38.2. The molecule has 5 nitrogen and oxygen atoms in total. The fourth-order valence-electron chi connectivity index (χ4n) is 2.51. The summed E-state index contributed by atoms with van der Waals surface area (Å²) >= 11 is 0. The van der Waals surface area contributed by atoms with Crippen LogP contribution < -0.4 is 11.1 Å². The molecule has 3 N–H and O–H groups in total. The van der Waals surface area contributed by atoms with Crippen LogP contribution in [0.25, 0.3) is 0 Å². The van der Waals surface area contributed by atoms with Gasteiger partial charge < -0.3 is 11.1 Å². The molecule has 0 unspecified atom stereocenters. The van der Waals surface area contributed by atoms with Crippen LogP contribution in [-0.4, -0.2) is 17.9 Å². The maximum Gasteiger partial charge on any atom is 0.416 e. The fraction of sp³-hybridized carbons (Fsp3) is 0.211. The molecule has 0 radical (unpaired) electrons. The summed E-state index contributed by atoms with van der Waals surface area (Å²) in [6.07, 6.45) is -4.76. The molecule has 2 aromatic carbocycles. The number of nitriles is 1. The Morgan fingerprint density at radius 2 is 1.78 bits per heavy atom. The van der Waals surface area contributed by atoms with E-state index in [1.165, 1.54) is 12.1 Å². The lowest BCUT2D eigenvalue weighted by atomic mass is 10.0. The van der Waals surface area contributed by atoms with E-state index in [0.717, 1.165) is 12.1 Å². The molecule has 2 rings (SSSR count). The lowest BCUT2D eigenvalue weighted by Crippen LogP contribution is -2.46. The van der Waals surface area contributed by atoms with Crippen LogP contribution in [0, 0.1) is 11.3 Å². The molecule has 0 aliphatic rings. The third kappa shape index (κ3) is 5.85. The highest BCUT2D eigenvalue weighted by Gasteiger charge is 2.30. The highest BCUT2D eigenvalue weighted by molar-refractivity contribution is 5.87. The topological polar surface area (TPSA) is 96.0 Å². The number of carbonyl (C=O) groups excluding carboxylic acids is 2. The summed E-state index contributed by atoms with van der Waals surface area (Å²) in [7, 11) is 0. The van der Waals surface area contributed by atoms with Gasteiger partial charge in [0.25, 0.3) is 0 Å². The molecule has 2 amide bonds. The number of halogens is 3. The fourth-order valence-corrected chi connectivity index (χ4v) is 2.51. The van der Waals surface area contributed by atoms with E-state index in [1.54, 1.807) is 24.3 Å². The van der Waals surface area contributed by atoms with Gasteiger partial charge in [-0.25, -0.2) is 0 Å². The van der Waals surface area contributed by atoms with Crippen molar-refractivity contribution in [3.05, 3.63) is 70.8 Å². The second-order valence-corrected chi connectivity index (χ2v) is 5.91. The molecule has 0 saturated carbocycles. The van der Waals surface area contributed by atoms with E-state index in [0.29, 0.717) is 11.1 Å². The number of nitrogens with two attached hydrogens (primary N) is 1. The third-order valence-corrected chi connectivity index (χ3v) is 3.79. The highest BCUT2D eigenvalue weighted by atomic mass is 19.4. The lowest BCUT2D eigenvalue weighted by Gasteiger charge is -2.16. The van der Waals surface area contributed by atoms with Crippen LogP contribution in [0.1, 0.15) is 22.3 Å². The molecule has 1 atom stereocenters. The number of hydrogen-bond acceptors (Lipinski definition) is 3. The molecule has 140 valence electrons. The third-order valence-electron chi connectivity index (χ3n) is 3.79. The standard InChI is InChI=1S/C19H16F3N3O2/c20-19(21,22)15-6-2-4-13(8-15)10-17(26)25-16(18(24)27)9-12-3-1-5-14(7-12)11-23/h1-8,16H,9-10H2,(H2,24,27)(H,25,26)/t16-/m1/s1. The van der Waals surface area contributed by atoms with Gasteiger partial charge in [0.05, 0.1) is 23.6 Å². The van der Waals surface area contributed by atoms with E-state index in [-0.39, 0.29) is 18.4 Å². The lowest BCUT2D eigenvalue weighted by molar-refractivity contribution is -0.137. The second kappa shape index (κ2) is 8.36. The monoisotopic (exact) mass is 375 g/mol. The Bertz CT molecular complexity index is 888. The first kappa shape index (κ1) is 20.0. The van der Waals surface area contributed by atoms with E-state index in [9.17, 15) is 22.8 Å². The number of benzene rings is 2. The van der Waals surface area contributed by atoms with E-state index >= 15 is 0 Å². The molecule has 0 heterocycles. The number of alkyl halides is 3. The Kier molecular flexibility index (Phi) is 6.19. The van der Waals surface area contributed by atoms with Crippen molar-refractivity contribution < 1.29 is 22.8 Å². The Hall–Kier alpha value is -3.34. The van der Waals surface area contributed by atoms with E-state index < -0.39 is 29.6 Å². The van der Waals surface area contributed by atoms with Gasteiger partial charge in [-0.3, -0.25) is 9.59 Å². The molecule has 0 bridgehead atoms. The van der Waals surface area contributed by atoms with Gasteiger partial charge in [0.2, 0.25) is 11.8 Å². The smallest absolute Gasteiger partial charge is 0.368 e. The Morgan fingerprint density at radius 3 is 2.41 bits per heavy atom. The molecule has 0 aromatic heterocycles. The summed E-state index contributed by atoms with van der Waals surface area (Å²) in [5.41, 5.74) is 5.64. The summed E-state index contributed by atoms with van der Waals surface area (Å²) in [5.74, 6) is -1.41.